The number of aromatic nitrogens is 3. The van der Waals surface area contributed by atoms with Crippen LogP contribution in [-0.2, 0) is 0 Å². The third-order valence-electron chi connectivity index (χ3n) is 4.83. The Labute approximate surface area is 157 Å². The maximum atomic E-state index is 6.02. The molecule has 4 rings (SSSR count). The summed E-state index contributed by atoms with van der Waals surface area (Å²) in [5, 5.41) is 11.7. The van der Waals surface area contributed by atoms with Crippen LogP contribution < -0.4 is 16.4 Å². The summed E-state index contributed by atoms with van der Waals surface area (Å²) in [6, 6.07) is 11.2. The van der Waals surface area contributed by atoms with E-state index in [1.165, 1.54) is 4.90 Å². The number of fused-ring (bicyclic) bond motifs is 1. The Bertz CT molecular complexity index is 885. The van der Waals surface area contributed by atoms with Crippen molar-refractivity contribution >= 4 is 34.6 Å². The number of hydrogen-bond donors (Lipinski definition) is 3. The van der Waals surface area contributed by atoms with Gasteiger partial charge in [0.2, 0.25) is 0 Å². The van der Waals surface area contributed by atoms with Crippen molar-refractivity contribution in [2.45, 2.75) is 42.7 Å². The summed E-state index contributed by atoms with van der Waals surface area (Å²) in [6.07, 6.45) is 10.0. The summed E-state index contributed by atoms with van der Waals surface area (Å²) in [4.78, 5) is 5.67. The molecule has 1 aliphatic carbocycles. The molecule has 0 aliphatic heterocycles. The van der Waals surface area contributed by atoms with Crippen molar-refractivity contribution in [3.05, 3.63) is 42.7 Å². The highest BCUT2D eigenvalue weighted by Gasteiger charge is 2.19. The van der Waals surface area contributed by atoms with E-state index in [2.05, 4.69) is 51.2 Å². The Kier molecular flexibility index (Phi) is 4.99. The molecular weight excluding hydrogens is 344 g/mol. The van der Waals surface area contributed by atoms with Crippen molar-refractivity contribution in [1.82, 2.24) is 14.6 Å². The van der Waals surface area contributed by atoms with Gasteiger partial charge in [-0.3, -0.25) is 0 Å². The first-order valence-corrected chi connectivity index (χ1v) is 10.2. The first-order chi connectivity index (χ1) is 12.7. The van der Waals surface area contributed by atoms with E-state index in [9.17, 15) is 0 Å². The van der Waals surface area contributed by atoms with E-state index < -0.39 is 0 Å². The zero-order valence-corrected chi connectivity index (χ0v) is 15.7. The number of nitrogens with zero attached hydrogens (tertiary/aromatic N) is 3. The topological polar surface area (TPSA) is 80.3 Å². The predicted octanol–water partition coefficient (Wildman–Crippen LogP) is 3.88. The Balaban J connectivity index is 1.60. The molecule has 0 radical (unpaired) electrons. The van der Waals surface area contributed by atoms with Crippen LogP contribution in [0.15, 0.2) is 47.6 Å². The average Bonchev–Trinajstić information content (AvgIpc) is 3.13. The first kappa shape index (κ1) is 17.2. The lowest BCUT2D eigenvalue weighted by Gasteiger charge is -2.27. The lowest BCUT2D eigenvalue weighted by molar-refractivity contribution is 0.410. The summed E-state index contributed by atoms with van der Waals surface area (Å²) in [6.45, 7) is 0. The van der Waals surface area contributed by atoms with E-state index in [0.717, 1.165) is 48.5 Å². The Morgan fingerprint density at radius 3 is 2.85 bits per heavy atom. The molecule has 1 aromatic carbocycles. The highest BCUT2D eigenvalue weighted by atomic mass is 32.2. The van der Waals surface area contributed by atoms with Crippen LogP contribution in [0.25, 0.3) is 5.65 Å². The van der Waals surface area contributed by atoms with E-state index >= 15 is 0 Å². The molecule has 0 atom stereocenters. The van der Waals surface area contributed by atoms with Crippen LogP contribution in [0.1, 0.15) is 25.7 Å². The van der Waals surface area contributed by atoms with Crippen LogP contribution in [0.2, 0.25) is 0 Å². The molecule has 26 heavy (non-hydrogen) atoms. The second-order valence-electron chi connectivity index (χ2n) is 6.75. The van der Waals surface area contributed by atoms with Crippen LogP contribution in [-0.4, -0.2) is 32.9 Å². The lowest BCUT2D eigenvalue weighted by atomic mass is 9.92. The molecule has 0 spiro atoms. The SMILES string of the molecule is CSc1cccc(Nc2cc(NC3CCC(N)CC3)nn3ccnc23)c1. The molecule has 3 aromatic rings. The minimum Gasteiger partial charge on any atom is -0.366 e. The van der Waals surface area contributed by atoms with Crippen LogP contribution >= 0.6 is 11.8 Å². The molecular formula is C19H24N6S. The van der Waals surface area contributed by atoms with Crippen molar-refractivity contribution < 1.29 is 0 Å². The summed E-state index contributed by atoms with van der Waals surface area (Å²) in [5.74, 6) is 0.861. The molecule has 7 heteroatoms. The van der Waals surface area contributed by atoms with E-state index in [0.29, 0.717) is 12.1 Å². The van der Waals surface area contributed by atoms with Gasteiger partial charge in [0.25, 0.3) is 0 Å². The van der Waals surface area contributed by atoms with Gasteiger partial charge >= 0.3 is 0 Å². The monoisotopic (exact) mass is 368 g/mol. The second-order valence-corrected chi connectivity index (χ2v) is 7.63. The van der Waals surface area contributed by atoms with Crippen molar-refractivity contribution in [3.8, 4) is 0 Å². The van der Waals surface area contributed by atoms with Crippen molar-refractivity contribution in [2.75, 3.05) is 16.9 Å². The van der Waals surface area contributed by atoms with E-state index in [1.54, 1.807) is 18.0 Å². The van der Waals surface area contributed by atoms with Crippen LogP contribution in [0, 0.1) is 0 Å². The minimum absolute atomic E-state index is 0.345. The number of nitrogens with one attached hydrogen (secondary N) is 2. The van der Waals surface area contributed by atoms with Crippen molar-refractivity contribution in [3.63, 3.8) is 0 Å². The second kappa shape index (κ2) is 7.55. The van der Waals surface area contributed by atoms with Crippen LogP contribution in [0.5, 0.6) is 0 Å². The fraction of sp³-hybridized carbons (Fsp3) is 0.368. The molecule has 6 nitrogen and oxygen atoms in total. The number of nitrogens with two attached hydrogens (primary N) is 1. The van der Waals surface area contributed by atoms with Gasteiger partial charge in [0, 0.05) is 41.1 Å². The number of hydrogen-bond acceptors (Lipinski definition) is 6. The maximum absolute atomic E-state index is 6.02. The largest absolute Gasteiger partial charge is 0.366 e. The first-order valence-electron chi connectivity index (χ1n) is 8.99. The number of benzene rings is 1. The standard InChI is InChI=1S/C19H24N6S/c1-26-16-4-2-3-15(11-16)22-17-12-18(24-25-10-9-21-19(17)25)23-14-7-5-13(20)6-8-14/h2-4,9-14,22H,5-8,20H2,1H3,(H,23,24). The lowest BCUT2D eigenvalue weighted by Crippen LogP contribution is -2.33. The molecule has 2 aromatic heterocycles. The normalized spacial score (nSPS) is 20.2. The minimum atomic E-state index is 0.345. The van der Waals surface area contributed by atoms with Crippen molar-refractivity contribution in [1.29, 1.82) is 0 Å². The maximum Gasteiger partial charge on any atom is 0.177 e. The van der Waals surface area contributed by atoms with Gasteiger partial charge in [-0.25, -0.2) is 9.50 Å². The Hall–Kier alpha value is -2.25. The van der Waals surface area contributed by atoms with E-state index in [4.69, 9.17) is 5.73 Å². The van der Waals surface area contributed by atoms with Gasteiger partial charge in [0.15, 0.2) is 5.65 Å². The molecule has 1 aliphatic rings. The quantitative estimate of drug-likeness (QED) is 0.593. The summed E-state index contributed by atoms with van der Waals surface area (Å²) in [5.41, 5.74) is 8.82. The molecule has 1 fully saturated rings. The Morgan fingerprint density at radius 1 is 1.19 bits per heavy atom. The highest BCUT2D eigenvalue weighted by Crippen LogP contribution is 2.27. The molecule has 0 amide bonds. The van der Waals surface area contributed by atoms with Gasteiger partial charge in [-0.05, 0) is 50.1 Å². The fourth-order valence-electron chi connectivity index (χ4n) is 3.41. The smallest absolute Gasteiger partial charge is 0.177 e. The molecule has 4 N–H and O–H groups in total. The van der Waals surface area contributed by atoms with Gasteiger partial charge in [-0.2, -0.15) is 0 Å². The van der Waals surface area contributed by atoms with Crippen molar-refractivity contribution in [2.24, 2.45) is 5.73 Å². The summed E-state index contributed by atoms with van der Waals surface area (Å²) < 4.78 is 1.82. The number of anilines is 3. The highest BCUT2D eigenvalue weighted by molar-refractivity contribution is 7.98. The third kappa shape index (κ3) is 3.78. The van der Waals surface area contributed by atoms with Gasteiger partial charge < -0.3 is 16.4 Å². The van der Waals surface area contributed by atoms with Gasteiger partial charge in [-0.15, -0.1) is 16.9 Å². The van der Waals surface area contributed by atoms with E-state index in [1.807, 2.05) is 16.8 Å². The Morgan fingerprint density at radius 2 is 2.04 bits per heavy atom. The number of thioether (sulfide) groups is 1. The molecule has 2 heterocycles. The molecule has 0 bridgehead atoms. The average molecular weight is 369 g/mol. The van der Waals surface area contributed by atoms with Gasteiger partial charge in [0.05, 0.1) is 5.69 Å². The zero-order valence-electron chi connectivity index (χ0n) is 14.9. The van der Waals surface area contributed by atoms with Gasteiger partial charge in [-0.1, -0.05) is 6.07 Å². The fourth-order valence-corrected chi connectivity index (χ4v) is 3.87. The van der Waals surface area contributed by atoms with Crippen LogP contribution in [0.4, 0.5) is 17.2 Å². The third-order valence-corrected chi connectivity index (χ3v) is 5.56. The van der Waals surface area contributed by atoms with Crippen LogP contribution in [0.3, 0.4) is 0 Å². The number of rotatable bonds is 5. The number of imidazole rings is 1. The van der Waals surface area contributed by atoms with E-state index in [-0.39, 0.29) is 0 Å². The molecule has 136 valence electrons. The molecule has 1 saturated carbocycles. The molecule has 0 saturated heterocycles. The summed E-state index contributed by atoms with van der Waals surface area (Å²) in [7, 11) is 0. The van der Waals surface area contributed by atoms with Gasteiger partial charge in [0.1, 0.15) is 5.82 Å². The zero-order chi connectivity index (χ0) is 17.9. The molecule has 0 unspecified atom stereocenters. The predicted molar refractivity (Wildman–Crippen MR) is 108 cm³/mol. The summed E-state index contributed by atoms with van der Waals surface area (Å²) >= 11 is 1.73.